The molecular formula is C22H27BrN2O. The van der Waals surface area contributed by atoms with E-state index in [1.54, 1.807) is 0 Å². The largest absolute Gasteiger partial charge is 0.356 e. The summed E-state index contributed by atoms with van der Waals surface area (Å²) in [6.45, 7) is 6.37. The third-order valence-corrected chi connectivity index (χ3v) is 6.50. The van der Waals surface area contributed by atoms with Gasteiger partial charge in [0.05, 0.1) is 10.2 Å². The second-order valence-corrected chi connectivity index (χ2v) is 9.53. The molecule has 2 heterocycles. The van der Waals surface area contributed by atoms with Crippen LogP contribution in [0, 0.1) is 11.3 Å². The van der Waals surface area contributed by atoms with Crippen LogP contribution >= 0.6 is 15.9 Å². The van der Waals surface area contributed by atoms with Crippen LogP contribution in [0.1, 0.15) is 62.0 Å². The van der Waals surface area contributed by atoms with Crippen molar-refractivity contribution in [2.75, 3.05) is 18.0 Å². The molecule has 0 spiro atoms. The van der Waals surface area contributed by atoms with Crippen molar-refractivity contribution in [2.24, 2.45) is 11.3 Å². The van der Waals surface area contributed by atoms with Crippen LogP contribution in [0.3, 0.4) is 0 Å². The van der Waals surface area contributed by atoms with E-state index in [0.717, 1.165) is 41.1 Å². The Balaban J connectivity index is 1.53. The number of Topliss-reactive ketones (excluding diaryl/α,β-unsaturated/α-hetero) is 1. The molecule has 138 valence electrons. The summed E-state index contributed by atoms with van der Waals surface area (Å²) in [6.07, 6.45) is 13.3. The lowest BCUT2D eigenvalue weighted by Crippen LogP contribution is -2.36. The van der Waals surface area contributed by atoms with Gasteiger partial charge in [0.15, 0.2) is 5.78 Å². The topological polar surface area (TPSA) is 33.2 Å². The molecule has 0 bridgehead atoms. The zero-order valence-electron chi connectivity index (χ0n) is 15.7. The molecule has 3 nitrogen and oxygen atoms in total. The summed E-state index contributed by atoms with van der Waals surface area (Å²) >= 11 is 3.68. The van der Waals surface area contributed by atoms with Gasteiger partial charge >= 0.3 is 0 Å². The molecule has 1 aromatic rings. The fraction of sp³-hybridized carbons (Fsp3) is 0.545. The predicted octanol–water partition coefficient (Wildman–Crippen LogP) is 5.49. The summed E-state index contributed by atoms with van der Waals surface area (Å²) in [5.74, 6) is 1.92. The van der Waals surface area contributed by atoms with Gasteiger partial charge in [-0.1, -0.05) is 32.1 Å². The lowest BCUT2D eigenvalue weighted by molar-refractivity contribution is 0.0910. The van der Waals surface area contributed by atoms with Crippen LogP contribution in [0.2, 0.25) is 0 Å². The Morgan fingerprint density at radius 2 is 1.96 bits per heavy atom. The molecule has 1 fully saturated rings. The van der Waals surface area contributed by atoms with Crippen molar-refractivity contribution in [3.8, 4) is 0 Å². The van der Waals surface area contributed by atoms with Gasteiger partial charge in [-0.15, -0.1) is 0 Å². The van der Waals surface area contributed by atoms with Crippen LogP contribution < -0.4 is 4.90 Å². The molecule has 0 radical (unpaired) electrons. The van der Waals surface area contributed by atoms with Gasteiger partial charge in [-0.05, 0) is 71.0 Å². The Morgan fingerprint density at radius 1 is 1.19 bits per heavy atom. The van der Waals surface area contributed by atoms with Crippen LogP contribution in [0.4, 0.5) is 5.82 Å². The van der Waals surface area contributed by atoms with E-state index in [9.17, 15) is 4.79 Å². The first-order valence-electron chi connectivity index (χ1n) is 9.77. The van der Waals surface area contributed by atoms with Crippen LogP contribution in [0.15, 0.2) is 34.3 Å². The van der Waals surface area contributed by atoms with Crippen molar-refractivity contribution in [3.63, 3.8) is 0 Å². The second kappa shape index (κ2) is 6.95. The lowest BCUT2D eigenvalue weighted by Gasteiger charge is -2.36. The van der Waals surface area contributed by atoms with Crippen molar-refractivity contribution in [2.45, 2.75) is 52.4 Å². The van der Waals surface area contributed by atoms with E-state index < -0.39 is 0 Å². The Morgan fingerprint density at radius 3 is 2.65 bits per heavy atom. The van der Waals surface area contributed by atoms with E-state index in [2.05, 4.69) is 52.9 Å². The number of pyridine rings is 1. The SMILES string of the molecule is CC1(C)CC(=O)c2cc(Br)c(N3CCC(C4=CCCC=C4)CC3)nc2C1. The number of halogens is 1. The molecule has 4 rings (SSSR count). The Bertz CT molecular complexity index is 786. The molecule has 1 aliphatic heterocycles. The number of hydrogen-bond donors (Lipinski definition) is 0. The van der Waals surface area contributed by atoms with Gasteiger partial charge in [-0.25, -0.2) is 4.98 Å². The maximum atomic E-state index is 12.5. The van der Waals surface area contributed by atoms with E-state index in [1.165, 1.54) is 31.3 Å². The van der Waals surface area contributed by atoms with E-state index >= 15 is 0 Å². The average Bonchev–Trinajstić information content (AvgIpc) is 2.62. The minimum absolute atomic E-state index is 0.00890. The molecule has 0 aromatic carbocycles. The fourth-order valence-electron chi connectivity index (χ4n) is 4.52. The molecule has 0 N–H and O–H groups in total. The molecule has 0 saturated carbocycles. The maximum Gasteiger partial charge on any atom is 0.165 e. The van der Waals surface area contributed by atoms with Gasteiger partial charge in [0.1, 0.15) is 5.82 Å². The second-order valence-electron chi connectivity index (χ2n) is 8.67. The van der Waals surface area contributed by atoms with Crippen LogP contribution in [-0.4, -0.2) is 23.9 Å². The highest BCUT2D eigenvalue weighted by Crippen LogP contribution is 2.38. The standard InChI is InChI=1S/C22H27BrN2O/c1-22(2)13-19-17(20(26)14-22)12-18(23)21(24-19)25-10-8-16(9-11-25)15-6-4-3-5-7-15/h4,6-7,12,16H,3,5,8-11,13-14H2,1-2H3. The zero-order valence-corrected chi connectivity index (χ0v) is 17.3. The van der Waals surface area contributed by atoms with E-state index in [1.807, 2.05) is 6.07 Å². The molecule has 4 heteroatoms. The number of carbonyl (C=O) groups excluding carboxylic acids is 1. The molecule has 0 atom stereocenters. The maximum absolute atomic E-state index is 12.5. The molecule has 0 unspecified atom stereocenters. The monoisotopic (exact) mass is 414 g/mol. The van der Waals surface area contributed by atoms with E-state index in [-0.39, 0.29) is 11.2 Å². The lowest BCUT2D eigenvalue weighted by atomic mass is 9.75. The Kier molecular flexibility index (Phi) is 4.81. The zero-order chi connectivity index (χ0) is 18.3. The van der Waals surface area contributed by atoms with Crippen LogP contribution in [-0.2, 0) is 6.42 Å². The van der Waals surface area contributed by atoms with Gasteiger partial charge in [-0.3, -0.25) is 4.79 Å². The highest BCUT2D eigenvalue weighted by molar-refractivity contribution is 9.10. The minimum Gasteiger partial charge on any atom is -0.356 e. The number of nitrogens with zero attached hydrogens (tertiary/aromatic N) is 2. The smallest absolute Gasteiger partial charge is 0.165 e. The predicted molar refractivity (Wildman–Crippen MR) is 110 cm³/mol. The Hall–Kier alpha value is -1.42. The third-order valence-electron chi connectivity index (χ3n) is 5.91. The summed E-state index contributed by atoms with van der Waals surface area (Å²) < 4.78 is 0.958. The Labute approximate surface area is 164 Å². The summed E-state index contributed by atoms with van der Waals surface area (Å²) in [5.41, 5.74) is 3.33. The van der Waals surface area contributed by atoms with Crippen molar-refractivity contribution in [1.29, 1.82) is 0 Å². The first-order valence-corrected chi connectivity index (χ1v) is 10.6. The number of ketones is 1. The first-order chi connectivity index (χ1) is 12.4. The number of hydrogen-bond acceptors (Lipinski definition) is 3. The van der Waals surface area contributed by atoms with Gasteiger partial charge in [-0.2, -0.15) is 0 Å². The van der Waals surface area contributed by atoms with Gasteiger partial charge in [0.2, 0.25) is 0 Å². The molecule has 1 saturated heterocycles. The number of carbonyl (C=O) groups is 1. The van der Waals surface area contributed by atoms with Crippen LogP contribution in [0.5, 0.6) is 0 Å². The molecule has 0 amide bonds. The number of piperidine rings is 1. The summed E-state index contributed by atoms with van der Waals surface area (Å²) in [7, 11) is 0. The van der Waals surface area contributed by atoms with Crippen molar-refractivity contribution >= 4 is 27.5 Å². The molecule has 1 aromatic heterocycles. The van der Waals surface area contributed by atoms with Crippen molar-refractivity contribution in [1.82, 2.24) is 4.98 Å². The van der Waals surface area contributed by atoms with Crippen LogP contribution in [0.25, 0.3) is 0 Å². The number of aromatic nitrogens is 1. The molecule has 26 heavy (non-hydrogen) atoms. The van der Waals surface area contributed by atoms with Gasteiger partial charge in [0.25, 0.3) is 0 Å². The van der Waals surface area contributed by atoms with Gasteiger partial charge < -0.3 is 4.90 Å². The highest BCUT2D eigenvalue weighted by atomic mass is 79.9. The fourth-order valence-corrected chi connectivity index (χ4v) is 5.09. The summed E-state index contributed by atoms with van der Waals surface area (Å²) in [4.78, 5) is 19.8. The number of allylic oxidation sites excluding steroid dienone is 4. The molecule has 3 aliphatic rings. The quantitative estimate of drug-likeness (QED) is 0.640. The number of fused-ring (bicyclic) bond motifs is 1. The number of rotatable bonds is 2. The minimum atomic E-state index is 0.00890. The average molecular weight is 415 g/mol. The number of anilines is 1. The normalized spacial score (nSPS) is 23.0. The van der Waals surface area contributed by atoms with E-state index in [0.29, 0.717) is 12.3 Å². The summed E-state index contributed by atoms with van der Waals surface area (Å²) in [5, 5.41) is 0. The molecular weight excluding hydrogens is 388 g/mol. The first kappa shape index (κ1) is 18.0. The van der Waals surface area contributed by atoms with E-state index in [4.69, 9.17) is 4.98 Å². The van der Waals surface area contributed by atoms with Gasteiger partial charge in [0, 0.05) is 25.1 Å². The third kappa shape index (κ3) is 3.53. The van der Waals surface area contributed by atoms with Crippen molar-refractivity contribution < 1.29 is 4.79 Å². The highest BCUT2D eigenvalue weighted by Gasteiger charge is 2.33. The molecule has 2 aliphatic carbocycles. The van der Waals surface area contributed by atoms with Crippen molar-refractivity contribution in [3.05, 3.63) is 45.6 Å². The summed E-state index contributed by atoms with van der Waals surface area (Å²) in [6, 6.07) is 2.01.